The lowest BCUT2D eigenvalue weighted by Crippen LogP contribution is -2.19. The van der Waals surface area contributed by atoms with Crippen LogP contribution in [0.15, 0.2) is 30.5 Å². The van der Waals surface area contributed by atoms with E-state index in [4.69, 9.17) is 0 Å². The summed E-state index contributed by atoms with van der Waals surface area (Å²) >= 11 is 0. The number of fused-ring (bicyclic) bond motifs is 1. The second-order valence-corrected chi connectivity index (χ2v) is 4.82. The Hall–Kier alpha value is -1.77. The van der Waals surface area contributed by atoms with Gasteiger partial charge in [-0.05, 0) is 30.9 Å². The predicted molar refractivity (Wildman–Crippen MR) is 69.2 cm³/mol. The molecule has 0 bridgehead atoms. The lowest BCUT2D eigenvalue weighted by molar-refractivity contribution is 0.756. The van der Waals surface area contributed by atoms with Crippen LogP contribution in [0.2, 0.25) is 0 Å². The zero-order valence-corrected chi connectivity index (χ0v) is 10.3. The van der Waals surface area contributed by atoms with Crippen LogP contribution in [-0.2, 0) is 19.9 Å². The van der Waals surface area contributed by atoms with Gasteiger partial charge in [-0.25, -0.2) is 0 Å². The number of benzene rings is 1. The third-order valence-corrected chi connectivity index (χ3v) is 3.42. The number of rotatable bonds is 2. The Balaban J connectivity index is 1.76. The maximum absolute atomic E-state index is 4.36. The molecule has 1 heterocycles. The van der Waals surface area contributed by atoms with Crippen molar-refractivity contribution in [3.8, 4) is 0 Å². The van der Waals surface area contributed by atoms with Crippen LogP contribution in [0.4, 0.5) is 5.69 Å². The molecule has 0 saturated heterocycles. The minimum absolute atomic E-state index is 0.510. The Labute approximate surface area is 101 Å². The summed E-state index contributed by atoms with van der Waals surface area (Å²) in [5.74, 6) is 0. The van der Waals surface area contributed by atoms with E-state index in [1.807, 2.05) is 18.7 Å². The molecule has 0 fully saturated rings. The fraction of sp³-hybridized carbons (Fsp3) is 0.357. The van der Waals surface area contributed by atoms with E-state index >= 15 is 0 Å². The van der Waals surface area contributed by atoms with Crippen molar-refractivity contribution in [2.45, 2.75) is 25.8 Å². The molecule has 0 atom stereocenters. The quantitative estimate of drug-likeness (QED) is 0.853. The monoisotopic (exact) mass is 227 g/mol. The van der Waals surface area contributed by atoms with Crippen LogP contribution in [0.3, 0.4) is 0 Å². The second-order valence-electron chi connectivity index (χ2n) is 4.82. The average molecular weight is 227 g/mol. The standard InChI is InChI=1S/C14H17N3/c1-10-14(9-17(2)16-10)15-13-7-11-5-3-4-6-12(11)8-13/h3-6,9,13,15H,7-8H2,1-2H3. The van der Waals surface area contributed by atoms with Crippen molar-refractivity contribution in [1.29, 1.82) is 0 Å². The van der Waals surface area contributed by atoms with Gasteiger partial charge in [0, 0.05) is 19.3 Å². The van der Waals surface area contributed by atoms with Gasteiger partial charge in [-0.3, -0.25) is 4.68 Å². The summed E-state index contributed by atoms with van der Waals surface area (Å²) in [6.45, 7) is 2.05. The Morgan fingerprint density at radius 2 is 1.88 bits per heavy atom. The third-order valence-electron chi connectivity index (χ3n) is 3.42. The molecule has 17 heavy (non-hydrogen) atoms. The first-order chi connectivity index (χ1) is 8.22. The van der Waals surface area contributed by atoms with Crippen molar-refractivity contribution >= 4 is 5.69 Å². The molecule has 1 aliphatic rings. The van der Waals surface area contributed by atoms with Crippen LogP contribution in [0.1, 0.15) is 16.8 Å². The number of aromatic nitrogens is 2. The molecule has 2 aromatic rings. The lowest BCUT2D eigenvalue weighted by atomic mass is 10.1. The zero-order valence-electron chi connectivity index (χ0n) is 10.3. The van der Waals surface area contributed by atoms with E-state index in [0.29, 0.717) is 6.04 Å². The zero-order chi connectivity index (χ0) is 11.8. The van der Waals surface area contributed by atoms with Gasteiger partial charge in [0.1, 0.15) is 0 Å². The number of nitrogens with one attached hydrogen (secondary N) is 1. The Morgan fingerprint density at radius 3 is 2.41 bits per heavy atom. The summed E-state index contributed by atoms with van der Waals surface area (Å²) in [5.41, 5.74) is 5.19. The number of hydrogen-bond acceptors (Lipinski definition) is 2. The van der Waals surface area contributed by atoms with Gasteiger partial charge in [0.25, 0.3) is 0 Å². The molecule has 0 saturated carbocycles. The molecule has 3 heteroatoms. The molecule has 0 radical (unpaired) electrons. The molecule has 0 amide bonds. The van der Waals surface area contributed by atoms with E-state index in [2.05, 4.69) is 40.9 Å². The smallest absolute Gasteiger partial charge is 0.0825 e. The predicted octanol–water partition coefficient (Wildman–Crippen LogP) is 2.31. The molecule has 1 aromatic carbocycles. The molecule has 0 unspecified atom stereocenters. The second kappa shape index (κ2) is 3.91. The average Bonchev–Trinajstić information content (AvgIpc) is 2.82. The normalized spacial score (nSPS) is 14.9. The molecule has 1 N–H and O–H groups in total. The maximum Gasteiger partial charge on any atom is 0.0825 e. The highest BCUT2D eigenvalue weighted by Crippen LogP contribution is 2.25. The van der Waals surface area contributed by atoms with E-state index in [1.165, 1.54) is 11.1 Å². The first-order valence-corrected chi connectivity index (χ1v) is 6.06. The summed E-state index contributed by atoms with van der Waals surface area (Å²) < 4.78 is 1.86. The largest absolute Gasteiger partial charge is 0.379 e. The van der Waals surface area contributed by atoms with Gasteiger partial charge in [0.05, 0.1) is 11.4 Å². The van der Waals surface area contributed by atoms with Crippen LogP contribution in [0, 0.1) is 6.92 Å². The number of hydrogen-bond donors (Lipinski definition) is 1. The number of anilines is 1. The van der Waals surface area contributed by atoms with E-state index in [1.54, 1.807) is 0 Å². The molecule has 3 nitrogen and oxygen atoms in total. The number of nitrogens with zero attached hydrogens (tertiary/aromatic N) is 2. The molecule has 0 spiro atoms. The first-order valence-electron chi connectivity index (χ1n) is 6.06. The molecule has 88 valence electrons. The Morgan fingerprint density at radius 1 is 1.24 bits per heavy atom. The highest BCUT2D eigenvalue weighted by Gasteiger charge is 2.21. The van der Waals surface area contributed by atoms with Crippen LogP contribution >= 0.6 is 0 Å². The summed E-state index contributed by atoms with van der Waals surface area (Å²) in [6.07, 6.45) is 4.29. The van der Waals surface area contributed by atoms with E-state index in [9.17, 15) is 0 Å². The van der Waals surface area contributed by atoms with E-state index < -0.39 is 0 Å². The van der Waals surface area contributed by atoms with Crippen molar-refractivity contribution < 1.29 is 0 Å². The van der Waals surface area contributed by atoms with Crippen molar-refractivity contribution in [2.24, 2.45) is 7.05 Å². The minimum Gasteiger partial charge on any atom is -0.379 e. The van der Waals surface area contributed by atoms with Crippen LogP contribution in [-0.4, -0.2) is 15.8 Å². The van der Waals surface area contributed by atoms with Crippen molar-refractivity contribution in [2.75, 3.05) is 5.32 Å². The maximum atomic E-state index is 4.36. The van der Waals surface area contributed by atoms with Crippen LogP contribution < -0.4 is 5.32 Å². The van der Waals surface area contributed by atoms with E-state index in [-0.39, 0.29) is 0 Å². The SMILES string of the molecule is Cc1nn(C)cc1NC1Cc2ccccc2C1. The first kappa shape index (κ1) is 10.4. The van der Waals surface area contributed by atoms with Gasteiger partial charge in [0.2, 0.25) is 0 Å². The molecular weight excluding hydrogens is 210 g/mol. The van der Waals surface area contributed by atoms with Gasteiger partial charge < -0.3 is 5.32 Å². The van der Waals surface area contributed by atoms with Crippen LogP contribution in [0.5, 0.6) is 0 Å². The van der Waals surface area contributed by atoms with E-state index in [0.717, 1.165) is 24.2 Å². The lowest BCUT2D eigenvalue weighted by Gasteiger charge is -2.12. The highest BCUT2D eigenvalue weighted by molar-refractivity contribution is 5.48. The Bertz CT molecular complexity index is 517. The van der Waals surface area contributed by atoms with Gasteiger partial charge in [0.15, 0.2) is 0 Å². The molecular formula is C14H17N3. The van der Waals surface area contributed by atoms with Gasteiger partial charge >= 0.3 is 0 Å². The Kier molecular flexibility index (Phi) is 2.39. The van der Waals surface area contributed by atoms with Crippen molar-refractivity contribution in [3.63, 3.8) is 0 Å². The fourth-order valence-corrected chi connectivity index (χ4v) is 2.62. The third kappa shape index (κ3) is 1.93. The molecule has 1 aliphatic carbocycles. The summed E-state index contributed by atoms with van der Waals surface area (Å²) in [4.78, 5) is 0. The summed E-state index contributed by atoms with van der Waals surface area (Å²) in [6, 6.07) is 9.21. The summed E-state index contributed by atoms with van der Waals surface area (Å²) in [5, 5.41) is 7.95. The highest BCUT2D eigenvalue weighted by atomic mass is 15.3. The molecule has 3 rings (SSSR count). The minimum atomic E-state index is 0.510. The van der Waals surface area contributed by atoms with Gasteiger partial charge in [-0.15, -0.1) is 0 Å². The van der Waals surface area contributed by atoms with Crippen LogP contribution in [0.25, 0.3) is 0 Å². The molecule has 1 aromatic heterocycles. The fourth-order valence-electron chi connectivity index (χ4n) is 2.62. The van der Waals surface area contributed by atoms with Gasteiger partial charge in [-0.1, -0.05) is 24.3 Å². The van der Waals surface area contributed by atoms with Crippen molar-refractivity contribution in [3.05, 3.63) is 47.3 Å². The molecule has 0 aliphatic heterocycles. The van der Waals surface area contributed by atoms with Gasteiger partial charge in [-0.2, -0.15) is 5.10 Å². The number of aryl methyl sites for hydroxylation is 2. The van der Waals surface area contributed by atoms with Crippen molar-refractivity contribution in [1.82, 2.24) is 9.78 Å². The summed E-state index contributed by atoms with van der Waals surface area (Å²) in [7, 11) is 1.96. The topological polar surface area (TPSA) is 29.9 Å².